The van der Waals surface area contributed by atoms with E-state index in [2.05, 4.69) is 26.8 Å². The third-order valence-corrected chi connectivity index (χ3v) is 21.0. The summed E-state index contributed by atoms with van der Waals surface area (Å²) in [6, 6.07) is 0. The van der Waals surface area contributed by atoms with E-state index in [0.29, 0.717) is 25.7 Å². The third-order valence-electron chi connectivity index (χ3n) is 21.0. The maximum Gasteiger partial charge on any atom is 0.187 e. The maximum atomic E-state index is 12.7. The summed E-state index contributed by atoms with van der Waals surface area (Å²) in [5.41, 5.74) is -2.56. The van der Waals surface area contributed by atoms with Gasteiger partial charge in [-0.2, -0.15) is 0 Å². The van der Waals surface area contributed by atoms with Crippen LogP contribution >= 0.6 is 0 Å². The maximum absolute atomic E-state index is 12.7. The Morgan fingerprint density at radius 3 is 1.78 bits per heavy atom. The minimum Gasteiger partial charge on any atom is -0.396 e. The van der Waals surface area contributed by atoms with Crippen LogP contribution in [0.25, 0.3) is 0 Å². The first-order valence-electron chi connectivity index (χ1n) is 28.5. The molecule has 0 spiro atoms. The van der Waals surface area contributed by atoms with Crippen molar-refractivity contribution in [3.8, 4) is 0 Å². The van der Waals surface area contributed by atoms with Gasteiger partial charge in [-0.25, -0.2) is 0 Å². The zero-order valence-electron chi connectivity index (χ0n) is 46.8. The summed E-state index contributed by atoms with van der Waals surface area (Å²) < 4.78 is 47.3. The van der Waals surface area contributed by atoms with Crippen molar-refractivity contribution in [3.05, 3.63) is 11.6 Å². The number of hydrogen-bond acceptors (Lipinski definition) is 24. The van der Waals surface area contributed by atoms with Crippen LogP contribution in [0, 0.1) is 45.3 Å². The molecule has 1 unspecified atom stereocenters. The SMILES string of the molecule is C[C@H](C(O)C[C@@H](O[C@@H]1O[C@H](CO[C@@H]2O[C@H](CCO)C[C@H](O)[C@H]2O)[C@@H](O)[C@H](O)[C@H]1O)C(C)(C)O)[C@H]1CC[C@@]2(C)[C@@H]3CC=C4[C@@H](CC[C@H](O[C@@H]5O[C@H](CO[C@@H]6O[C@H](CO)[C@@H](O)[C@H](O)[C@H]6O)[C@@H](O)[C@H](O)[C@H]5O)C4(C)C)[C@]3(C)[C@H](O)C[C@]12C. The number of allylic oxidation sites excluding steroid dienone is 1. The van der Waals surface area contributed by atoms with Crippen molar-refractivity contribution in [2.75, 3.05) is 26.4 Å². The van der Waals surface area contributed by atoms with Gasteiger partial charge in [0.25, 0.3) is 0 Å². The topological polar surface area (TPSA) is 398 Å². The predicted molar refractivity (Wildman–Crippen MR) is 272 cm³/mol. The molecule has 4 aliphatic heterocycles. The quantitative estimate of drug-likeness (QED) is 0.0615. The zero-order chi connectivity index (χ0) is 58.2. The fourth-order valence-corrected chi connectivity index (χ4v) is 15.7. The molecule has 0 aromatic heterocycles. The normalized spacial score (nSPS) is 50.4. The van der Waals surface area contributed by atoms with Gasteiger partial charge in [-0.15, -0.1) is 0 Å². The van der Waals surface area contributed by atoms with Crippen LogP contribution in [-0.4, -0.2) is 255 Å². The first-order valence-corrected chi connectivity index (χ1v) is 28.5. The lowest BCUT2D eigenvalue weighted by Crippen LogP contribution is -2.65. The molecule has 30 atom stereocenters. The Labute approximate surface area is 461 Å². The lowest BCUT2D eigenvalue weighted by molar-refractivity contribution is -0.340. The van der Waals surface area contributed by atoms with Gasteiger partial charge in [-0.3, -0.25) is 0 Å². The van der Waals surface area contributed by atoms with E-state index in [1.165, 1.54) is 13.8 Å². The molecule has 0 aromatic rings. The van der Waals surface area contributed by atoms with E-state index in [-0.39, 0.29) is 55.0 Å². The monoisotopic (exact) mass is 1140 g/mol. The number of hydrogen-bond donors (Lipinski definition) is 16. The van der Waals surface area contributed by atoms with E-state index < -0.39 is 183 Å². The highest BCUT2D eigenvalue weighted by Crippen LogP contribution is 2.75. The molecule has 8 rings (SSSR count). The third kappa shape index (κ3) is 11.7. The lowest BCUT2D eigenvalue weighted by atomic mass is 9.38. The fourth-order valence-electron chi connectivity index (χ4n) is 15.7. The minimum absolute atomic E-state index is 0.0192. The van der Waals surface area contributed by atoms with Gasteiger partial charge >= 0.3 is 0 Å². The number of ether oxygens (including phenoxy) is 8. The Hall–Kier alpha value is -1.22. The average molecular weight is 1140 g/mol. The van der Waals surface area contributed by atoms with Gasteiger partial charge in [0.15, 0.2) is 25.2 Å². The molecule has 0 radical (unpaired) electrons. The summed E-state index contributed by atoms with van der Waals surface area (Å²) >= 11 is 0. The highest BCUT2D eigenvalue weighted by molar-refractivity contribution is 5.32. The first-order chi connectivity index (χ1) is 36.9. The van der Waals surface area contributed by atoms with Crippen molar-refractivity contribution >= 4 is 0 Å². The average Bonchev–Trinajstić information content (AvgIpc) is 3.79. The van der Waals surface area contributed by atoms with Gasteiger partial charge in [0.1, 0.15) is 79.4 Å². The second kappa shape index (κ2) is 24.3. The Balaban J connectivity index is 0.922. The highest BCUT2D eigenvalue weighted by Gasteiger charge is 2.71. The van der Waals surface area contributed by atoms with Gasteiger partial charge in [-0.1, -0.05) is 53.2 Å². The van der Waals surface area contributed by atoms with Gasteiger partial charge in [-0.05, 0) is 93.3 Å². The molecule has 24 heteroatoms. The molecular formula is C55H94O24. The summed E-state index contributed by atoms with van der Waals surface area (Å²) in [5, 5.41) is 173. The number of fused-ring (bicyclic) bond motifs is 5. The summed E-state index contributed by atoms with van der Waals surface area (Å²) in [4.78, 5) is 0. The van der Waals surface area contributed by atoms with Crippen molar-refractivity contribution in [1.82, 2.24) is 0 Å². The fraction of sp³-hybridized carbons (Fsp3) is 0.964. The predicted octanol–water partition coefficient (Wildman–Crippen LogP) is -2.84. The molecule has 4 aliphatic carbocycles. The molecule has 4 heterocycles. The van der Waals surface area contributed by atoms with E-state index in [1.807, 2.05) is 20.8 Å². The molecule has 8 aliphatic rings. The van der Waals surface area contributed by atoms with Crippen LogP contribution in [0.3, 0.4) is 0 Å². The van der Waals surface area contributed by atoms with Crippen LogP contribution < -0.4 is 0 Å². The van der Waals surface area contributed by atoms with Gasteiger partial charge in [0, 0.05) is 30.3 Å². The molecule has 0 amide bonds. The van der Waals surface area contributed by atoms with Crippen LogP contribution in [0.4, 0.5) is 0 Å². The van der Waals surface area contributed by atoms with E-state index in [9.17, 15) is 81.7 Å². The Morgan fingerprint density at radius 2 is 1.20 bits per heavy atom. The second-order valence-electron chi connectivity index (χ2n) is 26.3. The standard InChI is InChI=1S/C55H94O24/c1-23(28(58)18-36(52(4,5)71)79-50-46(70)43(67)39(63)31(77-50)21-72-47-37(61)29(59)17-24(74-47)14-16-56)25-13-15-53(6)33-11-9-26-27(55(33,8)34(60)19-54(25,53)7)10-12-35(51(26,2)3)78-49-45(69)42(66)40(64)32(76-49)22-73-48-44(68)41(65)38(62)30(20-57)75-48/h9,23-25,27-50,56-71H,10-22H2,1-8H3/t23-,24+,25+,27+,28?,29-,30+,31+,32+,33-,34+,35-,36+,37+,38+,39+,40+,41-,42-,43-,44+,45+,46+,47+,48+,49-,50-,53-,54+,55-/m0/s1. The van der Waals surface area contributed by atoms with Crippen molar-refractivity contribution in [2.24, 2.45) is 45.3 Å². The smallest absolute Gasteiger partial charge is 0.187 e. The minimum atomic E-state index is -1.79. The van der Waals surface area contributed by atoms with Crippen LogP contribution in [0.1, 0.15) is 113 Å². The van der Waals surface area contributed by atoms with Gasteiger partial charge in [0.05, 0.1) is 62.0 Å². The molecule has 0 aromatic carbocycles. The van der Waals surface area contributed by atoms with Gasteiger partial charge in [0.2, 0.25) is 0 Å². The number of aliphatic hydroxyl groups excluding tert-OH is 15. The molecule has 7 fully saturated rings. The van der Waals surface area contributed by atoms with E-state index in [1.54, 1.807) is 0 Å². The summed E-state index contributed by atoms with van der Waals surface area (Å²) in [5.74, 6) is -0.524. The van der Waals surface area contributed by atoms with E-state index >= 15 is 0 Å². The Morgan fingerprint density at radius 1 is 0.658 bits per heavy atom. The summed E-state index contributed by atoms with van der Waals surface area (Å²) in [6.07, 6.45) is -25.9. The van der Waals surface area contributed by atoms with Crippen LogP contribution in [-0.2, 0) is 37.9 Å². The second-order valence-corrected chi connectivity index (χ2v) is 26.3. The van der Waals surface area contributed by atoms with Crippen molar-refractivity contribution < 1.29 is 120 Å². The molecule has 0 bridgehead atoms. The lowest BCUT2D eigenvalue weighted by Gasteiger charge is -2.67. The Kier molecular flexibility index (Phi) is 19.6. The number of rotatable bonds is 18. The molecule has 16 N–H and O–H groups in total. The van der Waals surface area contributed by atoms with Crippen molar-refractivity contribution in [1.29, 1.82) is 0 Å². The zero-order valence-corrected chi connectivity index (χ0v) is 46.8. The van der Waals surface area contributed by atoms with Crippen LogP contribution in [0.5, 0.6) is 0 Å². The number of aliphatic hydroxyl groups is 16. The van der Waals surface area contributed by atoms with E-state index in [0.717, 1.165) is 18.4 Å². The summed E-state index contributed by atoms with van der Waals surface area (Å²) in [6.45, 7) is 13.8. The van der Waals surface area contributed by atoms with E-state index in [4.69, 9.17) is 37.9 Å². The Bertz CT molecular complexity index is 2040. The molecule has 24 nitrogen and oxygen atoms in total. The molecular weight excluding hydrogens is 1040 g/mol. The molecule has 4 saturated heterocycles. The molecule has 458 valence electrons. The first kappa shape index (κ1) is 63.8. The highest BCUT2D eigenvalue weighted by atomic mass is 16.7. The van der Waals surface area contributed by atoms with Gasteiger partial charge < -0.3 is 120 Å². The molecule has 79 heavy (non-hydrogen) atoms. The summed E-state index contributed by atoms with van der Waals surface area (Å²) in [7, 11) is 0. The van der Waals surface area contributed by atoms with Crippen molar-refractivity contribution in [3.63, 3.8) is 0 Å². The molecule has 3 saturated carbocycles. The van der Waals surface area contributed by atoms with Crippen LogP contribution in [0.15, 0.2) is 11.6 Å². The van der Waals surface area contributed by atoms with Crippen molar-refractivity contribution in [2.45, 2.75) is 260 Å². The largest absolute Gasteiger partial charge is 0.396 e. The van der Waals surface area contributed by atoms with Crippen LogP contribution in [0.2, 0.25) is 0 Å².